The molecule has 106 valence electrons. The Morgan fingerprint density at radius 2 is 2.11 bits per heavy atom. The highest BCUT2D eigenvalue weighted by Gasteiger charge is 2.16. The summed E-state index contributed by atoms with van der Waals surface area (Å²) >= 11 is 1.17. The van der Waals surface area contributed by atoms with Crippen LogP contribution in [0.5, 0.6) is 0 Å². The highest BCUT2D eigenvalue weighted by atomic mass is 32.2. The first-order valence-corrected chi connectivity index (χ1v) is 7.02. The molecule has 0 aromatic heterocycles. The highest BCUT2D eigenvalue weighted by Crippen LogP contribution is 2.23. The van der Waals surface area contributed by atoms with Gasteiger partial charge in [-0.25, -0.2) is 8.78 Å². The van der Waals surface area contributed by atoms with E-state index in [1.54, 1.807) is 0 Å². The fourth-order valence-corrected chi connectivity index (χ4v) is 2.56. The molecule has 0 bridgehead atoms. The van der Waals surface area contributed by atoms with Crippen molar-refractivity contribution in [1.82, 2.24) is 5.32 Å². The first-order valence-electron chi connectivity index (χ1n) is 6.03. The zero-order valence-electron chi connectivity index (χ0n) is 11.0. The molecule has 1 rings (SSSR count). The number of thioether (sulfide) groups is 1. The normalized spacial score (nSPS) is 12.7. The van der Waals surface area contributed by atoms with Gasteiger partial charge in [0.1, 0.15) is 11.6 Å². The maximum Gasteiger partial charge on any atom is 0.234 e. The summed E-state index contributed by atoms with van der Waals surface area (Å²) in [5.41, 5.74) is 5.27. The van der Waals surface area contributed by atoms with Crippen molar-refractivity contribution >= 4 is 17.7 Å². The Morgan fingerprint density at radius 3 is 2.68 bits per heavy atom. The molecule has 0 aliphatic rings. The van der Waals surface area contributed by atoms with Crippen LogP contribution in [0.4, 0.5) is 8.78 Å². The summed E-state index contributed by atoms with van der Waals surface area (Å²) in [6.45, 7) is 3.82. The lowest BCUT2D eigenvalue weighted by Crippen LogP contribution is -2.44. The van der Waals surface area contributed by atoms with Crippen molar-refractivity contribution in [3.05, 3.63) is 29.8 Å². The number of hydrogen-bond donors (Lipinski definition) is 2. The Labute approximate surface area is 115 Å². The number of rotatable bonds is 7. The van der Waals surface area contributed by atoms with Gasteiger partial charge in [0.2, 0.25) is 5.91 Å². The van der Waals surface area contributed by atoms with Crippen LogP contribution in [0.25, 0.3) is 0 Å². The minimum absolute atomic E-state index is 0.133. The van der Waals surface area contributed by atoms with E-state index < -0.39 is 23.6 Å². The maximum absolute atomic E-state index is 13.4. The van der Waals surface area contributed by atoms with Crippen LogP contribution in [0.3, 0.4) is 0 Å². The number of hydrogen-bond acceptors (Lipinski definition) is 3. The van der Waals surface area contributed by atoms with Crippen molar-refractivity contribution in [1.29, 1.82) is 0 Å². The van der Waals surface area contributed by atoms with Crippen molar-refractivity contribution in [2.45, 2.75) is 37.2 Å². The van der Waals surface area contributed by atoms with E-state index in [2.05, 4.69) is 5.32 Å². The Kier molecular flexibility index (Phi) is 6.24. The van der Waals surface area contributed by atoms with Crippen LogP contribution in [-0.2, 0) is 4.79 Å². The zero-order valence-corrected chi connectivity index (χ0v) is 11.8. The van der Waals surface area contributed by atoms with Gasteiger partial charge in [0.05, 0.1) is 6.04 Å². The van der Waals surface area contributed by atoms with Crippen LogP contribution in [-0.4, -0.2) is 23.7 Å². The molecule has 19 heavy (non-hydrogen) atoms. The lowest BCUT2D eigenvalue weighted by Gasteiger charge is -2.17. The third-order valence-corrected chi connectivity index (χ3v) is 3.50. The summed E-state index contributed by atoms with van der Waals surface area (Å²) in [6.07, 6.45) is 0.466. The van der Waals surface area contributed by atoms with Gasteiger partial charge in [0.25, 0.3) is 0 Å². The molecule has 0 aliphatic heterocycles. The number of amides is 1. The molecule has 1 atom stereocenters. The van der Waals surface area contributed by atoms with Crippen LogP contribution in [0.1, 0.15) is 20.3 Å². The first kappa shape index (κ1) is 15.9. The standard InChI is InChI=1S/C13H18F2N2OS/c1-8(2)17-11(13(16)18)5-6-19-12-7-9(14)3-4-10(12)15/h3-4,7-8,11,17H,5-6H2,1-2H3,(H2,16,18). The minimum Gasteiger partial charge on any atom is -0.368 e. The lowest BCUT2D eigenvalue weighted by atomic mass is 10.2. The topological polar surface area (TPSA) is 55.1 Å². The van der Waals surface area contributed by atoms with Crippen molar-refractivity contribution in [3.63, 3.8) is 0 Å². The largest absolute Gasteiger partial charge is 0.368 e. The molecule has 1 amide bonds. The molecule has 0 fully saturated rings. The van der Waals surface area contributed by atoms with Gasteiger partial charge in [-0.05, 0) is 24.6 Å². The number of benzene rings is 1. The van der Waals surface area contributed by atoms with Crippen molar-refractivity contribution in [3.8, 4) is 0 Å². The second-order valence-corrected chi connectivity index (χ2v) is 5.62. The molecule has 1 aromatic rings. The van der Waals surface area contributed by atoms with Gasteiger partial charge < -0.3 is 11.1 Å². The molecule has 1 unspecified atom stereocenters. The molecule has 0 heterocycles. The van der Waals surface area contributed by atoms with Crippen molar-refractivity contribution in [2.24, 2.45) is 5.73 Å². The molecule has 3 N–H and O–H groups in total. The predicted molar refractivity (Wildman–Crippen MR) is 73.0 cm³/mol. The fraction of sp³-hybridized carbons (Fsp3) is 0.462. The maximum atomic E-state index is 13.4. The third-order valence-electron chi connectivity index (χ3n) is 2.44. The number of nitrogens with one attached hydrogen (secondary N) is 1. The average molecular weight is 288 g/mol. The van der Waals surface area contributed by atoms with Gasteiger partial charge in [-0.3, -0.25) is 4.79 Å². The SMILES string of the molecule is CC(C)NC(CCSc1cc(F)ccc1F)C(N)=O. The third kappa shape index (κ3) is 5.57. The van der Waals surface area contributed by atoms with E-state index in [-0.39, 0.29) is 10.9 Å². The van der Waals surface area contributed by atoms with E-state index in [4.69, 9.17) is 5.73 Å². The summed E-state index contributed by atoms with van der Waals surface area (Å²) in [7, 11) is 0. The number of primary amides is 1. The summed E-state index contributed by atoms with van der Waals surface area (Å²) in [5.74, 6) is -0.892. The van der Waals surface area contributed by atoms with Crippen molar-refractivity contribution in [2.75, 3.05) is 5.75 Å². The molecular formula is C13H18F2N2OS. The van der Waals surface area contributed by atoms with E-state index in [1.807, 2.05) is 13.8 Å². The van der Waals surface area contributed by atoms with E-state index in [0.29, 0.717) is 12.2 Å². The fourth-order valence-electron chi connectivity index (χ4n) is 1.58. The minimum atomic E-state index is -0.476. The number of carbonyl (C=O) groups is 1. The Hall–Kier alpha value is -1.14. The monoisotopic (exact) mass is 288 g/mol. The number of halogens is 2. The van der Waals surface area contributed by atoms with E-state index in [9.17, 15) is 13.6 Å². The second-order valence-electron chi connectivity index (χ2n) is 4.49. The summed E-state index contributed by atoms with van der Waals surface area (Å²) in [6, 6.07) is 2.99. The van der Waals surface area contributed by atoms with Gasteiger partial charge in [-0.2, -0.15) is 0 Å². The smallest absolute Gasteiger partial charge is 0.234 e. The quantitative estimate of drug-likeness (QED) is 0.757. The van der Waals surface area contributed by atoms with Crippen LogP contribution in [0.15, 0.2) is 23.1 Å². The molecule has 0 spiro atoms. The van der Waals surface area contributed by atoms with Crippen molar-refractivity contribution < 1.29 is 13.6 Å². The van der Waals surface area contributed by atoms with Crippen LogP contribution in [0, 0.1) is 11.6 Å². The van der Waals surface area contributed by atoms with E-state index in [0.717, 1.165) is 18.2 Å². The summed E-state index contributed by atoms with van der Waals surface area (Å²) in [5, 5.41) is 3.04. The van der Waals surface area contributed by atoms with E-state index in [1.165, 1.54) is 11.8 Å². The first-order chi connectivity index (χ1) is 8.90. The number of nitrogens with two attached hydrogens (primary N) is 1. The van der Waals surface area contributed by atoms with Gasteiger partial charge in [0, 0.05) is 16.7 Å². The van der Waals surface area contributed by atoms with Crippen LogP contribution >= 0.6 is 11.8 Å². The predicted octanol–water partition coefficient (Wildman–Crippen LogP) is 2.30. The molecule has 0 radical (unpaired) electrons. The number of carbonyl (C=O) groups excluding carboxylic acids is 1. The molecule has 0 aliphatic carbocycles. The van der Waals surface area contributed by atoms with Crippen LogP contribution < -0.4 is 11.1 Å². The van der Waals surface area contributed by atoms with Gasteiger partial charge in [-0.1, -0.05) is 13.8 Å². The molecular weight excluding hydrogens is 270 g/mol. The zero-order chi connectivity index (χ0) is 14.4. The Bertz CT molecular complexity index is 441. The van der Waals surface area contributed by atoms with Crippen LogP contribution in [0.2, 0.25) is 0 Å². The molecule has 0 saturated carbocycles. The van der Waals surface area contributed by atoms with E-state index >= 15 is 0 Å². The Morgan fingerprint density at radius 1 is 1.42 bits per heavy atom. The summed E-state index contributed by atoms with van der Waals surface area (Å²) < 4.78 is 26.3. The molecule has 3 nitrogen and oxygen atoms in total. The highest BCUT2D eigenvalue weighted by molar-refractivity contribution is 7.99. The molecule has 1 aromatic carbocycles. The summed E-state index contributed by atoms with van der Waals surface area (Å²) in [4.78, 5) is 11.5. The Balaban J connectivity index is 2.52. The average Bonchev–Trinajstić information content (AvgIpc) is 2.31. The molecule has 0 saturated heterocycles. The van der Waals surface area contributed by atoms with Gasteiger partial charge in [0.15, 0.2) is 0 Å². The van der Waals surface area contributed by atoms with Gasteiger partial charge in [-0.15, -0.1) is 11.8 Å². The second kappa shape index (κ2) is 7.45. The lowest BCUT2D eigenvalue weighted by molar-refractivity contribution is -0.120. The molecule has 6 heteroatoms. The van der Waals surface area contributed by atoms with Gasteiger partial charge >= 0.3 is 0 Å².